The maximum Gasteiger partial charge on any atom is 0.170 e. The molecule has 0 aromatic carbocycles. The molecular weight excluding hydrogens is 370 g/mol. The fourth-order valence-electron chi connectivity index (χ4n) is 3.84. The van der Waals surface area contributed by atoms with Crippen LogP contribution in [0.15, 0.2) is 61.1 Å². The zero-order valence-electron chi connectivity index (χ0n) is 15.7. The largest absolute Gasteiger partial charge is 0.396 e. The molecule has 0 aliphatic carbocycles. The lowest BCUT2D eigenvalue weighted by molar-refractivity contribution is 0.244. The first-order chi connectivity index (χ1) is 13.7. The van der Waals surface area contributed by atoms with Crippen molar-refractivity contribution >= 4 is 17.3 Å². The number of thiocarbonyl (C=S) groups is 1. The highest BCUT2D eigenvalue weighted by molar-refractivity contribution is 7.80. The zero-order chi connectivity index (χ0) is 19.5. The highest BCUT2D eigenvalue weighted by Gasteiger charge is 2.41. The van der Waals surface area contributed by atoms with Crippen LogP contribution in [0.4, 0.5) is 0 Å². The van der Waals surface area contributed by atoms with Crippen molar-refractivity contribution in [1.29, 1.82) is 0 Å². The molecular formula is C21H23N5OS. The summed E-state index contributed by atoms with van der Waals surface area (Å²) in [6.07, 6.45) is 6.10. The van der Waals surface area contributed by atoms with E-state index in [2.05, 4.69) is 49.9 Å². The smallest absolute Gasteiger partial charge is 0.170 e. The summed E-state index contributed by atoms with van der Waals surface area (Å²) in [6, 6.07) is 14.1. The molecule has 1 aliphatic rings. The van der Waals surface area contributed by atoms with Gasteiger partial charge in [-0.05, 0) is 62.0 Å². The Morgan fingerprint density at radius 3 is 2.75 bits per heavy atom. The van der Waals surface area contributed by atoms with Gasteiger partial charge in [-0.25, -0.2) is 0 Å². The van der Waals surface area contributed by atoms with Crippen LogP contribution in [0.25, 0.3) is 5.69 Å². The van der Waals surface area contributed by atoms with Gasteiger partial charge < -0.3 is 19.9 Å². The molecule has 0 bridgehead atoms. The van der Waals surface area contributed by atoms with E-state index in [1.165, 1.54) is 0 Å². The molecule has 144 valence electrons. The molecule has 0 amide bonds. The SMILES string of the molecule is Cc1ccc([C@@H]2[C@H](c3ccccn3)NC(=S)N2CCCO)n1-c1cccnc1. The summed E-state index contributed by atoms with van der Waals surface area (Å²) < 4.78 is 2.22. The first kappa shape index (κ1) is 18.6. The second-order valence-corrected chi connectivity index (χ2v) is 7.23. The van der Waals surface area contributed by atoms with Crippen LogP contribution in [0, 0.1) is 6.92 Å². The number of aliphatic hydroxyl groups excluding tert-OH is 1. The molecule has 4 rings (SSSR count). The van der Waals surface area contributed by atoms with Gasteiger partial charge in [0, 0.05) is 36.9 Å². The van der Waals surface area contributed by atoms with Crippen LogP contribution in [-0.2, 0) is 0 Å². The van der Waals surface area contributed by atoms with E-state index >= 15 is 0 Å². The minimum absolute atomic E-state index is 0.0390. The van der Waals surface area contributed by atoms with Gasteiger partial charge in [-0.1, -0.05) is 6.07 Å². The number of nitrogens with zero attached hydrogens (tertiary/aromatic N) is 4. The van der Waals surface area contributed by atoms with Crippen LogP contribution in [-0.4, -0.2) is 42.8 Å². The Balaban J connectivity index is 1.82. The van der Waals surface area contributed by atoms with E-state index in [0.717, 1.165) is 22.8 Å². The van der Waals surface area contributed by atoms with E-state index in [4.69, 9.17) is 12.2 Å². The van der Waals surface area contributed by atoms with E-state index < -0.39 is 0 Å². The van der Waals surface area contributed by atoms with Gasteiger partial charge >= 0.3 is 0 Å². The Morgan fingerprint density at radius 2 is 2.04 bits per heavy atom. The highest BCUT2D eigenvalue weighted by atomic mass is 32.1. The monoisotopic (exact) mass is 393 g/mol. The number of hydrogen-bond donors (Lipinski definition) is 2. The number of rotatable bonds is 6. The average molecular weight is 394 g/mol. The quantitative estimate of drug-likeness (QED) is 0.628. The van der Waals surface area contributed by atoms with Gasteiger partial charge in [0.05, 0.1) is 29.7 Å². The summed E-state index contributed by atoms with van der Waals surface area (Å²) in [4.78, 5) is 11.0. The second kappa shape index (κ2) is 8.08. The Bertz CT molecular complexity index is 944. The summed E-state index contributed by atoms with van der Waals surface area (Å²) >= 11 is 5.66. The Labute approximate surface area is 169 Å². The van der Waals surface area contributed by atoms with Gasteiger partial charge in [0.1, 0.15) is 0 Å². The van der Waals surface area contributed by atoms with Crippen molar-refractivity contribution in [3.05, 3.63) is 78.1 Å². The van der Waals surface area contributed by atoms with Crippen LogP contribution in [0.5, 0.6) is 0 Å². The summed E-state index contributed by atoms with van der Waals surface area (Å²) in [7, 11) is 0. The van der Waals surface area contributed by atoms with Gasteiger partial charge in [-0.15, -0.1) is 0 Å². The molecule has 2 atom stereocenters. The predicted molar refractivity (Wildman–Crippen MR) is 112 cm³/mol. The average Bonchev–Trinajstić information content (AvgIpc) is 3.27. The molecule has 1 saturated heterocycles. The molecule has 0 radical (unpaired) electrons. The lowest BCUT2D eigenvalue weighted by Gasteiger charge is -2.29. The van der Waals surface area contributed by atoms with Crippen molar-refractivity contribution in [2.45, 2.75) is 25.4 Å². The van der Waals surface area contributed by atoms with E-state index in [9.17, 15) is 5.11 Å². The molecule has 2 N–H and O–H groups in total. The van der Waals surface area contributed by atoms with Gasteiger partial charge in [-0.2, -0.15) is 0 Å². The Hall–Kier alpha value is -2.77. The molecule has 1 aliphatic heterocycles. The molecule has 0 unspecified atom stereocenters. The number of pyridine rings is 2. The first-order valence-corrected chi connectivity index (χ1v) is 9.79. The van der Waals surface area contributed by atoms with Crippen LogP contribution < -0.4 is 5.32 Å². The van der Waals surface area contributed by atoms with E-state index in [-0.39, 0.29) is 18.7 Å². The number of aliphatic hydroxyl groups is 1. The summed E-state index contributed by atoms with van der Waals surface area (Å²) in [5.41, 5.74) is 4.20. The van der Waals surface area contributed by atoms with Crippen molar-refractivity contribution in [1.82, 2.24) is 24.8 Å². The number of aromatic nitrogens is 3. The Kier molecular flexibility index (Phi) is 5.36. The normalized spacial score (nSPS) is 19.1. The molecule has 0 spiro atoms. The van der Waals surface area contributed by atoms with Crippen LogP contribution in [0.2, 0.25) is 0 Å². The standard InChI is InChI=1S/C21H23N5OS/c1-15-8-9-18(26(15)16-6-4-10-22-14-16)20-19(17-7-2-3-11-23-17)24-21(28)25(20)12-5-13-27/h2-4,6-11,14,19-20,27H,5,12-13H2,1H3,(H,24,28)/t19-,20+/m0/s1. The summed E-state index contributed by atoms with van der Waals surface area (Å²) in [6.45, 7) is 2.89. The van der Waals surface area contributed by atoms with Gasteiger partial charge in [0.25, 0.3) is 0 Å². The maximum atomic E-state index is 9.37. The van der Waals surface area contributed by atoms with Gasteiger partial charge in [0.15, 0.2) is 5.11 Å². The second-order valence-electron chi connectivity index (χ2n) is 6.84. The topological polar surface area (TPSA) is 66.2 Å². The number of aryl methyl sites for hydroxylation is 1. The molecule has 7 heteroatoms. The van der Waals surface area contributed by atoms with Crippen LogP contribution in [0.1, 0.15) is 35.6 Å². The van der Waals surface area contributed by atoms with Crippen molar-refractivity contribution in [2.75, 3.05) is 13.2 Å². The van der Waals surface area contributed by atoms with E-state index in [0.29, 0.717) is 18.1 Å². The van der Waals surface area contributed by atoms with Gasteiger partial charge in [-0.3, -0.25) is 9.97 Å². The van der Waals surface area contributed by atoms with Crippen molar-refractivity contribution in [3.63, 3.8) is 0 Å². The molecule has 6 nitrogen and oxygen atoms in total. The first-order valence-electron chi connectivity index (χ1n) is 9.38. The molecule has 0 saturated carbocycles. The number of nitrogens with one attached hydrogen (secondary N) is 1. The lowest BCUT2D eigenvalue weighted by atomic mass is 10.0. The van der Waals surface area contributed by atoms with Crippen molar-refractivity contribution < 1.29 is 5.11 Å². The van der Waals surface area contributed by atoms with Gasteiger partial charge in [0.2, 0.25) is 0 Å². The van der Waals surface area contributed by atoms with Crippen molar-refractivity contribution in [3.8, 4) is 5.69 Å². The molecule has 28 heavy (non-hydrogen) atoms. The fourth-order valence-corrected chi connectivity index (χ4v) is 4.17. The Morgan fingerprint density at radius 1 is 1.14 bits per heavy atom. The third-order valence-corrected chi connectivity index (χ3v) is 5.42. The fraction of sp³-hybridized carbons (Fsp3) is 0.286. The minimum Gasteiger partial charge on any atom is -0.396 e. The van der Waals surface area contributed by atoms with Crippen LogP contribution in [0.3, 0.4) is 0 Å². The van der Waals surface area contributed by atoms with E-state index in [1.807, 2.05) is 30.5 Å². The molecule has 1 fully saturated rings. The van der Waals surface area contributed by atoms with Crippen molar-refractivity contribution in [2.24, 2.45) is 0 Å². The highest BCUT2D eigenvalue weighted by Crippen LogP contribution is 2.40. The predicted octanol–water partition coefficient (Wildman–Crippen LogP) is 2.93. The third-order valence-electron chi connectivity index (χ3n) is 5.07. The number of hydrogen-bond acceptors (Lipinski definition) is 4. The summed E-state index contributed by atoms with van der Waals surface area (Å²) in [5, 5.41) is 13.5. The summed E-state index contributed by atoms with van der Waals surface area (Å²) in [5.74, 6) is 0. The molecule has 3 aromatic heterocycles. The lowest BCUT2D eigenvalue weighted by Crippen LogP contribution is -2.32. The zero-order valence-corrected chi connectivity index (χ0v) is 16.5. The maximum absolute atomic E-state index is 9.37. The third kappa shape index (κ3) is 3.39. The molecule has 4 heterocycles. The van der Waals surface area contributed by atoms with Crippen LogP contribution >= 0.6 is 12.2 Å². The van der Waals surface area contributed by atoms with E-state index in [1.54, 1.807) is 12.4 Å². The minimum atomic E-state index is -0.0721. The molecule has 3 aromatic rings.